The Morgan fingerprint density at radius 2 is 1.76 bits per heavy atom. The first-order chi connectivity index (χ1) is 9.92. The second-order valence-corrected chi connectivity index (χ2v) is 6.83. The Hall–Kier alpha value is -1.59. The molecule has 1 N–H and O–H groups in total. The minimum atomic E-state index is -3.60. The van der Waals surface area contributed by atoms with Gasteiger partial charge in [-0.15, -0.1) is 11.6 Å². The van der Waals surface area contributed by atoms with Crippen LogP contribution in [0.1, 0.15) is 17.0 Å². The van der Waals surface area contributed by atoms with Crippen LogP contribution in [0.5, 0.6) is 0 Å². The Morgan fingerprint density at radius 1 is 1.10 bits per heavy atom. The lowest BCUT2D eigenvalue weighted by Gasteiger charge is -2.11. The number of hydrogen-bond donors (Lipinski definition) is 1. The van der Waals surface area contributed by atoms with Crippen molar-refractivity contribution >= 4 is 27.3 Å². The summed E-state index contributed by atoms with van der Waals surface area (Å²) in [5.74, 6) is 0.512. The van der Waals surface area contributed by atoms with Gasteiger partial charge in [-0.3, -0.25) is 9.71 Å². The van der Waals surface area contributed by atoms with Gasteiger partial charge in [-0.2, -0.15) is 0 Å². The largest absolute Gasteiger partial charge is 0.278 e. The Bertz CT molecular complexity index is 728. The summed E-state index contributed by atoms with van der Waals surface area (Å²) in [7, 11) is -3.60. The smallest absolute Gasteiger partial charge is 0.261 e. The van der Waals surface area contributed by atoms with Crippen molar-refractivity contribution in [3.05, 3.63) is 53.3 Å². The molecule has 0 aliphatic carbocycles. The molecule has 0 fully saturated rings. The number of sulfonamides is 1. The predicted octanol–water partition coefficient (Wildman–Crippen LogP) is 3.28. The van der Waals surface area contributed by atoms with Crippen LogP contribution in [0.4, 0.5) is 5.69 Å². The second kappa shape index (κ2) is 6.45. The fourth-order valence-electron chi connectivity index (χ4n) is 1.94. The van der Waals surface area contributed by atoms with Gasteiger partial charge in [0.15, 0.2) is 0 Å². The van der Waals surface area contributed by atoms with Crippen LogP contribution in [0.2, 0.25) is 0 Å². The van der Waals surface area contributed by atoms with E-state index in [9.17, 15) is 8.42 Å². The van der Waals surface area contributed by atoms with Gasteiger partial charge in [-0.25, -0.2) is 8.42 Å². The molecule has 0 bridgehead atoms. The molecular weight excluding hydrogens is 308 g/mol. The van der Waals surface area contributed by atoms with Gasteiger partial charge in [0.1, 0.15) is 0 Å². The maximum absolute atomic E-state index is 12.3. The normalized spacial score (nSPS) is 11.4. The van der Waals surface area contributed by atoms with Crippen LogP contribution in [-0.4, -0.2) is 19.3 Å². The van der Waals surface area contributed by atoms with Crippen molar-refractivity contribution < 1.29 is 8.42 Å². The zero-order valence-corrected chi connectivity index (χ0v) is 13.5. The Kier molecular flexibility index (Phi) is 4.85. The quantitative estimate of drug-likeness (QED) is 0.859. The average Bonchev–Trinajstić information content (AvgIpc) is 2.43. The minimum Gasteiger partial charge on any atom is -0.278 e. The van der Waals surface area contributed by atoms with Crippen molar-refractivity contribution in [2.24, 2.45) is 0 Å². The first-order valence-electron chi connectivity index (χ1n) is 6.54. The summed E-state index contributed by atoms with van der Waals surface area (Å²) in [4.78, 5) is 4.47. The summed E-state index contributed by atoms with van der Waals surface area (Å²) < 4.78 is 27.3. The summed E-state index contributed by atoms with van der Waals surface area (Å²) in [6.07, 6.45) is 0.719. The lowest BCUT2D eigenvalue weighted by Crippen LogP contribution is -2.14. The van der Waals surface area contributed by atoms with Crippen molar-refractivity contribution in [2.75, 3.05) is 10.6 Å². The number of rotatable bonds is 5. The number of anilines is 1. The van der Waals surface area contributed by atoms with Gasteiger partial charge in [0, 0.05) is 11.6 Å². The third kappa shape index (κ3) is 3.95. The molecule has 0 amide bonds. The fourth-order valence-corrected chi connectivity index (χ4v) is 3.28. The molecule has 0 aliphatic heterocycles. The molecule has 4 nitrogen and oxygen atoms in total. The molecule has 2 rings (SSSR count). The molecule has 1 heterocycles. The fraction of sp³-hybridized carbons (Fsp3) is 0.267. The van der Waals surface area contributed by atoms with Crippen molar-refractivity contribution in [2.45, 2.75) is 25.2 Å². The SMILES string of the molecule is Cc1ccc(NS(=O)(=O)c2ccc(CCCl)cc2)c(C)n1. The molecule has 0 spiro atoms. The molecule has 21 heavy (non-hydrogen) atoms. The van der Waals surface area contributed by atoms with Crippen LogP contribution >= 0.6 is 11.6 Å². The van der Waals surface area contributed by atoms with Crippen LogP contribution in [-0.2, 0) is 16.4 Å². The number of aromatic nitrogens is 1. The minimum absolute atomic E-state index is 0.223. The van der Waals surface area contributed by atoms with E-state index in [4.69, 9.17) is 11.6 Å². The molecule has 2 aromatic rings. The highest BCUT2D eigenvalue weighted by molar-refractivity contribution is 7.92. The average molecular weight is 325 g/mol. The molecule has 0 saturated heterocycles. The summed E-state index contributed by atoms with van der Waals surface area (Å²) in [6, 6.07) is 10.2. The molecule has 0 atom stereocenters. The van der Waals surface area contributed by atoms with Crippen molar-refractivity contribution in [3.8, 4) is 0 Å². The summed E-state index contributed by atoms with van der Waals surface area (Å²) in [5.41, 5.74) is 3.00. The monoisotopic (exact) mass is 324 g/mol. The number of alkyl halides is 1. The van der Waals surface area contributed by atoms with E-state index in [-0.39, 0.29) is 4.90 Å². The molecule has 0 radical (unpaired) electrons. The first-order valence-corrected chi connectivity index (χ1v) is 8.56. The molecule has 6 heteroatoms. The second-order valence-electron chi connectivity index (χ2n) is 4.77. The highest BCUT2D eigenvalue weighted by atomic mass is 35.5. The van der Waals surface area contributed by atoms with Crippen LogP contribution < -0.4 is 4.72 Å². The van der Waals surface area contributed by atoms with Crippen molar-refractivity contribution in [1.82, 2.24) is 4.98 Å². The molecule has 112 valence electrons. The maximum Gasteiger partial charge on any atom is 0.261 e. The number of pyridine rings is 1. The van der Waals surface area contributed by atoms with Gasteiger partial charge < -0.3 is 0 Å². The van der Waals surface area contributed by atoms with Gasteiger partial charge in [-0.1, -0.05) is 12.1 Å². The van der Waals surface area contributed by atoms with Gasteiger partial charge in [-0.05, 0) is 50.1 Å². The zero-order valence-electron chi connectivity index (χ0n) is 11.9. The van der Waals surface area contributed by atoms with E-state index >= 15 is 0 Å². The molecular formula is C15H17ClN2O2S. The molecule has 1 aromatic heterocycles. The van der Waals surface area contributed by atoms with E-state index in [2.05, 4.69) is 9.71 Å². The summed E-state index contributed by atoms with van der Waals surface area (Å²) in [5, 5.41) is 0. The van der Waals surface area contributed by atoms with Crippen LogP contribution in [0.15, 0.2) is 41.3 Å². The number of aryl methyl sites for hydroxylation is 3. The lowest BCUT2D eigenvalue weighted by atomic mass is 10.2. The summed E-state index contributed by atoms with van der Waals surface area (Å²) in [6.45, 7) is 3.63. The topological polar surface area (TPSA) is 59.1 Å². The number of halogens is 1. The Morgan fingerprint density at radius 3 is 2.33 bits per heavy atom. The third-order valence-electron chi connectivity index (χ3n) is 3.09. The van der Waals surface area contributed by atoms with Crippen molar-refractivity contribution in [3.63, 3.8) is 0 Å². The molecule has 0 unspecified atom stereocenters. The maximum atomic E-state index is 12.3. The number of nitrogens with one attached hydrogen (secondary N) is 1. The van der Waals surface area contributed by atoms with Gasteiger partial charge >= 0.3 is 0 Å². The predicted molar refractivity (Wildman–Crippen MR) is 85.4 cm³/mol. The van der Waals surface area contributed by atoms with E-state index in [0.717, 1.165) is 17.7 Å². The zero-order chi connectivity index (χ0) is 15.5. The highest BCUT2D eigenvalue weighted by Crippen LogP contribution is 2.19. The van der Waals surface area contributed by atoms with Gasteiger partial charge in [0.2, 0.25) is 0 Å². The van der Waals surface area contributed by atoms with E-state index in [1.807, 2.05) is 6.92 Å². The Balaban J connectivity index is 2.25. The van der Waals surface area contributed by atoms with Crippen LogP contribution in [0.25, 0.3) is 0 Å². The van der Waals surface area contributed by atoms with Gasteiger partial charge in [0.25, 0.3) is 10.0 Å². The van der Waals surface area contributed by atoms with Gasteiger partial charge in [0.05, 0.1) is 16.3 Å². The Labute approximate surface area is 130 Å². The van der Waals surface area contributed by atoms with E-state index in [1.165, 1.54) is 0 Å². The third-order valence-corrected chi connectivity index (χ3v) is 4.66. The van der Waals surface area contributed by atoms with Crippen LogP contribution in [0.3, 0.4) is 0 Å². The molecule has 0 aliphatic rings. The summed E-state index contributed by atoms with van der Waals surface area (Å²) >= 11 is 5.67. The van der Waals surface area contributed by atoms with Crippen molar-refractivity contribution in [1.29, 1.82) is 0 Å². The van der Waals surface area contributed by atoms with E-state index in [1.54, 1.807) is 43.3 Å². The molecule has 1 aromatic carbocycles. The number of benzene rings is 1. The number of hydrogen-bond acceptors (Lipinski definition) is 3. The lowest BCUT2D eigenvalue weighted by molar-refractivity contribution is 0.601. The number of nitrogens with zero attached hydrogens (tertiary/aromatic N) is 1. The standard InChI is InChI=1S/C15H17ClN2O2S/c1-11-3-8-15(12(2)17-11)18-21(19,20)14-6-4-13(5-7-14)9-10-16/h3-8,18H,9-10H2,1-2H3. The van der Waals surface area contributed by atoms with E-state index < -0.39 is 10.0 Å². The van der Waals surface area contributed by atoms with E-state index in [0.29, 0.717) is 17.3 Å². The molecule has 0 saturated carbocycles. The first kappa shape index (κ1) is 15.8. The van der Waals surface area contributed by atoms with Crippen LogP contribution in [0, 0.1) is 13.8 Å². The highest BCUT2D eigenvalue weighted by Gasteiger charge is 2.15.